The van der Waals surface area contributed by atoms with E-state index in [1.165, 1.54) is 0 Å². The average Bonchev–Trinajstić information content (AvgIpc) is 2.85. The summed E-state index contributed by atoms with van der Waals surface area (Å²) >= 11 is 5.87. The van der Waals surface area contributed by atoms with Crippen molar-refractivity contribution >= 4 is 27.5 Å². The molecule has 1 aromatic carbocycles. The Kier molecular flexibility index (Phi) is 4.55. The van der Waals surface area contributed by atoms with Crippen molar-refractivity contribution in [3.63, 3.8) is 0 Å². The topological polar surface area (TPSA) is 80.5 Å². The zero-order valence-electron chi connectivity index (χ0n) is 11.5. The highest BCUT2D eigenvalue weighted by molar-refractivity contribution is 7.89. The summed E-state index contributed by atoms with van der Waals surface area (Å²) in [6.07, 6.45) is 1.85. The number of likely N-dealkylation sites (tertiary alicyclic amines) is 1. The molecule has 1 atom stereocenters. The second-order valence-electron chi connectivity index (χ2n) is 5.12. The molecule has 5 nitrogen and oxygen atoms in total. The van der Waals surface area contributed by atoms with E-state index in [0.717, 1.165) is 25.0 Å². The number of nitrogens with two attached hydrogens (primary N) is 1. The molecule has 8 heteroatoms. The Bertz CT molecular complexity index is 678. The molecule has 1 aromatic rings. The van der Waals surface area contributed by atoms with E-state index in [9.17, 15) is 17.6 Å². The fraction of sp³-hybridized carbons (Fsp3) is 0.462. The zero-order chi connectivity index (χ0) is 15.8. The van der Waals surface area contributed by atoms with E-state index in [1.54, 1.807) is 4.90 Å². The Morgan fingerprint density at radius 3 is 2.71 bits per heavy atom. The van der Waals surface area contributed by atoms with E-state index in [0.29, 0.717) is 19.0 Å². The van der Waals surface area contributed by atoms with Crippen LogP contribution in [0, 0.1) is 11.7 Å². The highest BCUT2D eigenvalue weighted by Crippen LogP contribution is 2.27. The van der Waals surface area contributed by atoms with Gasteiger partial charge >= 0.3 is 0 Å². The number of primary sulfonamides is 1. The number of sulfonamides is 1. The SMILES string of the molecule is CCC1CCN(C(=O)c2cc(S(N)(=O)=O)c(F)cc2Cl)C1. The summed E-state index contributed by atoms with van der Waals surface area (Å²) in [7, 11) is -4.25. The minimum atomic E-state index is -4.25. The summed E-state index contributed by atoms with van der Waals surface area (Å²) in [5, 5.41) is 4.82. The van der Waals surface area contributed by atoms with Crippen LogP contribution in [0.5, 0.6) is 0 Å². The predicted octanol–water partition coefficient (Wildman–Crippen LogP) is 2.00. The second kappa shape index (κ2) is 5.90. The van der Waals surface area contributed by atoms with Crippen LogP contribution in [0.25, 0.3) is 0 Å². The van der Waals surface area contributed by atoms with E-state index >= 15 is 0 Å². The minimum Gasteiger partial charge on any atom is -0.338 e. The lowest BCUT2D eigenvalue weighted by molar-refractivity contribution is 0.0786. The third kappa shape index (κ3) is 3.36. The molecule has 1 aliphatic heterocycles. The quantitative estimate of drug-likeness (QED) is 0.918. The molecule has 0 radical (unpaired) electrons. The van der Waals surface area contributed by atoms with Crippen molar-refractivity contribution in [2.45, 2.75) is 24.7 Å². The molecule has 116 valence electrons. The van der Waals surface area contributed by atoms with Gasteiger partial charge in [0.1, 0.15) is 10.7 Å². The molecule has 1 fully saturated rings. The number of nitrogens with zero attached hydrogens (tertiary/aromatic N) is 1. The molecule has 1 amide bonds. The van der Waals surface area contributed by atoms with Gasteiger partial charge in [0.25, 0.3) is 5.91 Å². The van der Waals surface area contributed by atoms with Gasteiger partial charge < -0.3 is 4.90 Å². The average molecular weight is 335 g/mol. The van der Waals surface area contributed by atoms with E-state index < -0.39 is 26.6 Å². The molecule has 2 N–H and O–H groups in total. The summed E-state index contributed by atoms with van der Waals surface area (Å²) in [6, 6.07) is 1.72. The highest BCUT2D eigenvalue weighted by Gasteiger charge is 2.28. The van der Waals surface area contributed by atoms with Crippen LogP contribution in [0.3, 0.4) is 0 Å². The molecule has 0 bridgehead atoms. The summed E-state index contributed by atoms with van der Waals surface area (Å²) in [5.41, 5.74) is -0.0427. The van der Waals surface area contributed by atoms with Gasteiger partial charge in [0.2, 0.25) is 10.0 Å². The van der Waals surface area contributed by atoms with Gasteiger partial charge in [0.15, 0.2) is 0 Å². The maximum Gasteiger partial charge on any atom is 0.255 e. The fourth-order valence-electron chi connectivity index (χ4n) is 2.43. The lowest BCUT2D eigenvalue weighted by Crippen LogP contribution is -2.29. The van der Waals surface area contributed by atoms with Crippen LogP contribution >= 0.6 is 11.6 Å². The maximum absolute atomic E-state index is 13.6. The molecule has 1 saturated heterocycles. The number of carbonyl (C=O) groups excluding carboxylic acids is 1. The molecule has 0 saturated carbocycles. The molecular formula is C13H16ClFN2O3S. The summed E-state index contributed by atoms with van der Waals surface area (Å²) in [5.74, 6) is -1.04. The van der Waals surface area contributed by atoms with Crippen LogP contribution in [0.2, 0.25) is 5.02 Å². The first-order valence-corrected chi connectivity index (χ1v) is 8.47. The van der Waals surface area contributed by atoms with Crippen molar-refractivity contribution in [3.8, 4) is 0 Å². The van der Waals surface area contributed by atoms with Gasteiger partial charge in [-0.05, 0) is 24.5 Å². The molecule has 1 heterocycles. The van der Waals surface area contributed by atoms with E-state index in [-0.39, 0.29) is 10.6 Å². The molecule has 0 aromatic heterocycles. The van der Waals surface area contributed by atoms with Crippen molar-refractivity contribution < 1.29 is 17.6 Å². The number of carbonyl (C=O) groups is 1. The second-order valence-corrected chi connectivity index (χ2v) is 7.06. The first kappa shape index (κ1) is 16.2. The van der Waals surface area contributed by atoms with Gasteiger partial charge in [0.05, 0.1) is 10.6 Å². The largest absolute Gasteiger partial charge is 0.338 e. The monoisotopic (exact) mass is 334 g/mol. The Hall–Kier alpha value is -1.18. The van der Waals surface area contributed by atoms with Gasteiger partial charge in [-0.1, -0.05) is 24.9 Å². The van der Waals surface area contributed by atoms with Crippen molar-refractivity contribution in [1.82, 2.24) is 4.90 Å². The van der Waals surface area contributed by atoms with Crippen LogP contribution < -0.4 is 5.14 Å². The Morgan fingerprint density at radius 1 is 1.52 bits per heavy atom. The molecule has 1 unspecified atom stereocenters. The number of benzene rings is 1. The van der Waals surface area contributed by atoms with Gasteiger partial charge in [-0.2, -0.15) is 0 Å². The number of halogens is 2. The first-order valence-electron chi connectivity index (χ1n) is 6.55. The predicted molar refractivity (Wildman–Crippen MR) is 77.1 cm³/mol. The summed E-state index contributed by atoms with van der Waals surface area (Å²) in [4.78, 5) is 13.3. The number of hydrogen-bond donors (Lipinski definition) is 1. The van der Waals surface area contributed by atoms with Gasteiger partial charge in [-0.3, -0.25) is 4.79 Å². The van der Waals surface area contributed by atoms with Crippen molar-refractivity contribution in [1.29, 1.82) is 0 Å². The van der Waals surface area contributed by atoms with Crippen LogP contribution in [-0.4, -0.2) is 32.3 Å². The van der Waals surface area contributed by atoms with Crippen LogP contribution in [0.15, 0.2) is 17.0 Å². The first-order chi connectivity index (χ1) is 9.74. The minimum absolute atomic E-state index is 0.0427. The third-order valence-corrected chi connectivity index (χ3v) is 4.95. The zero-order valence-corrected chi connectivity index (χ0v) is 13.0. The van der Waals surface area contributed by atoms with E-state index in [1.807, 2.05) is 6.92 Å². The maximum atomic E-state index is 13.6. The van der Waals surface area contributed by atoms with Gasteiger partial charge in [-0.15, -0.1) is 0 Å². The lowest BCUT2D eigenvalue weighted by Gasteiger charge is -2.17. The summed E-state index contributed by atoms with van der Waals surface area (Å²) in [6.45, 7) is 3.21. The Labute approximate surface area is 127 Å². The van der Waals surface area contributed by atoms with Crippen molar-refractivity contribution in [2.75, 3.05) is 13.1 Å². The molecule has 21 heavy (non-hydrogen) atoms. The van der Waals surface area contributed by atoms with Gasteiger partial charge in [-0.25, -0.2) is 17.9 Å². The number of rotatable bonds is 3. The number of hydrogen-bond acceptors (Lipinski definition) is 3. The van der Waals surface area contributed by atoms with E-state index in [4.69, 9.17) is 16.7 Å². The highest BCUT2D eigenvalue weighted by atomic mass is 35.5. The molecule has 1 aliphatic rings. The molecule has 2 rings (SSSR count). The van der Waals surface area contributed by atoms with Crippen LogP contribution in [0.4, 0.5) is 4.39 Å². The molecule has 0 spiro atoms. The fourth-order valence-corrected chi connectivity index (χ4v) is 3.28. The summed E-state index contributed by atoms with van der Waals surface area (Å²) < 4.78 is 36.3. The van der Waals surface area contributed by atoms with Gasteiger partial charge in [0, 0.05) is 13.1 Å². The van der Waals surface area contributed by atoms with Crippen molar-refractivity contribution in [2.24, 2.45) is 11.1 Å². The van der Waals surface area contributed by atoms with Crippen LogP contribution in [-0.2, 0) is 10.0 Å². The van der Waals surface area contributed by atoms with Crippen LogP contribution in [0.1, 0.15) is 30.1 Å². The molecular weight excluding hydrogens is 319 g/mol. The number of amides is 1. The third-order valence-electron chi connectivity index (χ3n) is 3.71. The standard InChI is InChI=1S/C13H16ClFN2O3S/c1-2-8-3-4-17(7-8)13(18)9-5-12(21(16,19)20)11(15)6-10(9)14/h5-6,8H,2-4,7H2,1H3,(H2,16,19,20). The Morgan fingerprint density at radius 2 is 2.19 bits per heavy atom. The molecule has 0 aliphatic carbocycles. The smallest absolute Gasteiger partial charge is 0.255 e. The van der Waals surface area contributed by atoms with Crippen molar-refractivity contribution in [3.05, 3.63) is 28.5 Å². The Balaban J connectivity index is 2.38. The lowest BCUT2D eigenvalue weighted by atomic mass is 10.1. The van der Waals surface area contributed by atoms with E-state index in [2.05, 4.69) is 0 Å². The normalized spacial score (nSPS) is 19.0.